The highest BCUT2D eigenvalue weighted by Crippen LogP contribution is 2.27. The first-order valence-corrected chi connectivity index (χ1v) is 10.3. The summed E-state index contributed by atoms with van der Waals surface area (Å²) in [5, 5.41) is 2.33. The SMILES string of the molecule is CN1CCN(C2CCCCC2OC(=O)Cc2cccc3ccccc23)CC1.[Cl-]. The number of benzene rings is 2. The van der Waals surface area contributed by atoms with Crippen LogP contribution in [0.5, 0.6) is 0 Å². The third-order valence-corrected chi connectivity index (χ3v) is 6.17. The zero-order valence-corrected chi connectivity index (χ0v) is 17.4. The van der Waals surface area contributed by atoms with Crippen molar-refractivity contribution in [2.75, 3.05) is 33.2 Å². The number of carbonyl (C=O) groups excluding carboxylic acids is 1. The summed E-state index contributed by atoms with van der Waals surface area (Å²) in [7, 11) is 2.18. The molecule has 1 saturated heterocycles. The standard InChI is InChI=1S/C23H30N2O2.ClH/c1-24-13-15-25(16-14-24)21-11-4-5-12-22(21)27-23(26)17-19-9-6-8-18-7-2-3-10-20(18)19;/h2-3,6-10,21-22H,4-5,11-17H2,1H3;1H/p-1. The van der Waals surface area contributed by atoms with E-state index in [1.54, 1.807) is 0 Å². The van der Waals surface area contributed by atoms with E-state index in [1.165, 1.54) is 11.8 Å². The minimum Gasteiger partial charge on any atom is -1.00 e. The summed E-state index contributed by atoms with van der Waals surface area (Å²) in [5.41, 5.74) is 1.06. The van der Waals surface area contributed by atoms with Crippen molar-refractivity contribution in [3.63, 3.8) is 0 Å². The maximum absolute atomic E-state index is 12.8. The van der Waals surface area contributed by atoms with E-state index in [-0.39, 0.29) is 24.5 Å². The number of fused-ring (bicyclic) bond motifs is 1. The Morgan fingerprint density at radius 3 is 2.54 bits per heavy atom. The number of halogens is 1. The maximum atomic E-state index is 12.8. The van der Waals surface area contributed by atoms with Gasteiger partial charge in [-0.05, 0) is 42.6 Å². The molecule has 5 heteroatoms. The van der Waals surface area contributed by atoms with Crippen molar-refractivity contribution in [1.82, 2.24) is 9.80 Å². The van der Waals surface area contributed by atoms with E-state index in [9.17, 15) is 4.79 Å². The van der Waals surface area contributed by atoms with Gasteiger partial charge in [-0.15, -0.1) is 0 Å². The number of likely N-dealkylation sites (N-methyl/N-ethyl adjacent to an activating group) is 1. The van der Waals surface area contributed by atoms with E-state index in [4.69, 9.17) is 4.74 Å². The van der Waals surface area contributed by atoms with Crippen LogP contribution < -0.4 is 12.4 Å². The average Bonchev–Trinajstić information content (AvgIpc) is 2.69. The molecule has 1 saturated carbocycles. The fraction of sp³-hybridized carbons (Fsp3) is 0.522. The van der Waals surface area contributed by atoms with E-state index in [1.807, 2.05) is 24.3 Å². The highest BCUT2D eigenvalue weighted by atomic mass is 35.5. The van der Waals surface area contributed by atoms with Gasteiger partial charge in [-0.1, -0.05) is 48.9 Å². The van der Waals surface area contributed by atoms with Crippen LogP contribution in [0, 0.1) is 0 Å². The van der Waals surface area contributed by atoms with Gasteiger partial charge in [-0.3, -0.25) is 9.69 Å². The number of hydrogen-bond donors (Lipinski definition) is 0. The van der Waals surface area contributed by atoms with Crippen LogP contribution in [0.2, 0.25) is 0 Å². The van der Waals surface area contributed by atoms with Crippen LogP contribution in [0.4, 0.5) is 0 Å². The number of carbonyl (C=O) groups is 1. The Balaban J connectivity index is 0.00000225. The summed E-state index contributed by atoms with van der Waals surface area (Å²) in [5.74, 6) is -0.0858. The summed E-state index contributed by atoms with van der Waals surface area (Å²) in [6.45, 7) is 4.37. The molecule has 152 valence electrons. The predicted molar refractivity (Wildman–Crippen MR) is 109 cm³/mol. The molecule has 0 aromatic heterocycles. The zero-order valence-electron chi connectivity index (χ0n) is 16.6. The fourth-order valence-corrected chi connectivity index (χ4v) is 4.60. The van der Waals surface area contributed by atoms with Gasteiger partial charge in [0.2, 0.25) is 0 Å². The van der Waals surface area contributed by atoms with Gasteiger partial charge in [-0.25, -0.2) is 0 Å². The molecular formula is C23H30ClN2O2-. The van der Waals surface area contributed by atoms with E-state index in [0.29, 0.717) is 12.5 Å². The number of nitrogens with zero attached hydrogens (tertiary/aromatic N) is 2. The summed E-state index contributed by atoms with van der Waals surface area (Å²) in [6, 6.07) is 14.8. The molecule has 1 heterocycles. The molecule has 4 rings (SSSR count). The number of hydrogen-bond acceptors (Lipinski definition) is 4. The summed E-state index contributed by atoms with van der Waals surface area (Å²) in [6.07, 6.45) is 4.96. The lowest BCUT2D eigenvalue weighted by molar-refractivity contribution is -0.154. The molecule has 28 heavy (non-hydrogen) atoms. The largest absolute Gasteiger partial charge is 1.00 e. The summed E-state index contributed by atoms with van der Waals surface area (Å²) in [4.78, 5) is 17.7. The van der Waals surface area contributed by atoms with E-state index in [2.05, 4.69) is 35.0 Å². The lowest BCUT2D eigenvalue weighted by Gasteiger charge is -2.43. The molecule has 0 amide bonds. The van der Waals surface area contributed by atoms with Gasteiger partial charge in [0.05, 0.1) is 6.42 Å². The second-order valence-corrected chi connectivity index (χ2v) is 8.03. The molecule has 2 atom stereocenters. The second kappa shape index (κ2) is 9.73. The monoisotopic (exact) mass is 401 g/mol. The van der Waals surface area contributed by atoms with Crippen molar-refractivity contribution in [1.29, 1.82) is 0 Å². The second-order valence-electron chi connectivity index (χ2n) is 8.03. The van der Waals surface area contributed by atoms with Crippen LogP contribution in [0.25, 0.3) is 10.8 Å². The van der Waals surface area contributed by atoms with Crippen LogP contribution in [-0.2, 0) is 16.0 Å². The van der Waals surface area contributed by atoms with Gasteiger partial charge in [0.25, 0.3) is 0 Å². The van der Waals surface area contributed by atoms with Crippen LogP contribution in [0.15, 0.2) is 42.5 Å². The van der Waals surface area contributed by atoms with Crippen molar-refractivity contribution in [3.8, 4) is 0 Å². The van der Waals surface area contributed by atoms with Crippen LogP contribution in [-0.4, -0.2) is 61.1 Å². The minimum atomic E-state index is -0.0858. The molecule has 1 aliphatic carbocycles. The lowest BCUT2D eigenvalue weighted by atomic mass is 9.90. The highest BCUT2D eigenvalue weighted by Gasteiger charge is 2.34. The van der Waals surface area contributed by atoms with E-state index < -0.39 is 0 Å². The molecule has 2 fully saturated rings. The van der Waals surface area contributed by atoms with E-state index in [0.717, 1.165) is 56.4 Å². The maximum Gasteiger partial charge on any atom is 0.310 e. The number of ether oxygens (including phenoxy) is 1. The Morgan fingerprint density at radius 2 is 1.71 bits per heavy atom. The molecule has 4 nitrogen and oxygen atoms in total. The topological polar surface area (TPSA) is 32.8 Å². The Morgan fingerprint density at radius 1 is 1.00 bits per heavy atom. The van der Waals surface area contributed by atoms with Gasteiger partial charge < -0.3 is 22.0 Å². The Labute approximate surface area is 174 Å². The summed E-state index contributed by atoms with van der Waals surface area (Å²) >= 11 is 0. The van der Waals surface area contributed by atoms with Crippen molar-refractivity contribution >= 4 is 16.7 Å². The molecule has 0 N–H and O–H groups in total. The van der Waals surface area contributed by atoms with Gasteiger partial charge in [0.15, 0.2) is 0 Å². The van der Waals surface area contributed by atoms with E-state index >= 15 is 0 Å². The number of rotatable bonds is 4. The zero-order chi connectivity index (χ0) is 18.6. The molecule has 0 radical (unpaired) electrons. The van der Waals surface area contributed by atoms with Crippen LogP contribution in [0.3, 0.4) is 0 Å². The molecule has 2 unspecified atom stereocenters. The van der Waals surface area contributed by atoms with Crippen LogP contribution >= 0.6 is 0 Å². The molecule has 1 aliphatic heterocycles. The lowest BCUT2D eigenvalue weighted by Crippen LogP contribution is -3.00. The smallest absolute Gasteiger partial charge is 0.310 e. The van der Waals surface area contributed by atoms with Gasteiger partial charge in [-0.2, -0.15) is 0 Å². The van der Waals surface area contributed by atoms with Gasteiger partial charge in [0, 0.05) is 32.2 Å². The van der Waals surface area contributed by atoms with Crippen molar-refractivity contribution in [2.24, 2.45) is 0 Å². The quantitative estimate of drug-likeness (QED) is 0.698. The number of esters is 1. The van der Waals surface area contributed by atoms with Gasteiger partial charge >= 0.3 is 5.97 Å². The summed E-state index contributed by atoms with van der Waals surface area (Å²) < 4.78 is 6.04. The Hall–Kier alpha value is -1.62. The normalized spacial score (nSPS) is 23.9. The first-order chi connectivity index (χ1) is 13.2. The van der Waals surface area contributed by atoms with Crippen molar-refractivity contribution in [3.05, 3.63) is 48.0 Å². The first kappa shape index (κ1) is 21.1. The Bertz CT molecular complexity index is 784. The third-order valence-electron chi connectivity index (χ3n) is 6.17. The predicted octanol–water partition coefficient (Wildman–Crippen LogP) is 0.488. The van der Waals surface area contributed by atoms with Crippen LogP contribution in [0.1, 0.15) is 31.2 Å². The van der Waals surface area contributed by atoms with Crippen molar-refractivity contribution < 1.29 is 21.9 Å². The Kier molecular flexibility index (Phi) is 7.33. The minimum absolute atomic E-state index is 0. The molecule has 0 bridgehead atoms. The molecule has 2 aromatic carbocycles. The molecule has 2 aliphatic rings. The van der Waals surface area contributed by atoms with Gasteiger partial charge in [0.1, 0.15) is 6.10 Å². The first-order valence-electron chi connectivity index (χ1n) is 10.3. The van der Waals surface area contributed by atoms with Crippen molar-refractivity contribution in [2.45, 2.75) is 44.2 Å². The number of piperazine rings is 1. The average molecular weight is 402 g/mol. The third kappa shape index (κ3) is 4.86. The fourth-order valence-electron chi connectivity index (χ4n) is 4.60. The molecule has 2 aromatic rings. The molecule has 0 spiro atoms. The highest BCUT2D eigenvalue weighted by molar-refractivity contribution is 5.89. The molecular weight excluding hydrogens is 372 g/mol.